The standard InChI is InChI=1S/C18H26N4O3/c1-13(2)11-19-17(24)16-12-21(9-10-22(16)14(3)23)18(25)20-15-7-5-4-6-8-15/h4-8,13,16H,9-12H2,1-3H3,(H,19,24)(H,20,25). The molecule has 1 saturated heterocycles. The first-order valence-electron chi connectivity index (χ1n) is 8.54. The highest BCUT2D eigenvalue weighted by Crippen LogP contribution is 2.13. The Morgan fingerprint density at radius 2 is 1.84 bits per heavy atom. The van der Waals surface area contributed by atoms with Crippen molar-refractivity contribution in [3.05, 3.63) is 30.3 Å². The van der Waals surface area contributed by atoms with Crippen LogP contribution in [0.25, 0.3) is 0 Å². The lowest BCUT2D eigenvalue weighted by Crippen LogP contribution is -2.61. The zero-order chi connectivity index (χ0) is 18.4. The van der Waals surface area contributed by atoms with Crippen LogP contribution in [-0.2, 0) is 9.59 Å². The number of urea groups is 1. The van der Waals surface area contributed by atoms with Crippen LogP contribution in [0.2, 0.25) is 0 Å². The van der Waals surface area contributed by atoms with E-state index in [2.05, 4.69) is 10.6 Å². The minimum absolute atomic E-state index is 0.159. The fourth-order valence-electron chi connectivity index (χ4n) is 2.72. The molecule has 1 aromatic rings. The number of nitrogens with zero attached hydrogens (tertiary/aromatic N) is 2. The molecule has 0 bridgehead atoms. The van der Waals surface area contributed by atoms with Crippen molar-refractivity contribution in [2.45, 2.75) is 26.8 Å². The third kappa shape index (κ3) is 5.20. The zero-order valence-corrected chi connectivity index (χ0v) is 15.0. The number of piperazine rings is 1. The molecule has 7 nitrogen and oxygen atoms in total. The molecule has 0 aromatic heterocycles. The summed E-state index contributed by atoms with van der Waals surface area (Å²) in [5.41, 5.74) is 0.697. The smallest absolute Gasteiger partial charge is 0.321 e. The second-order valence-corrected chi connectivity index (χ2v) is 6.61. The minimum atomic E-state index is -0.661. The Balaban J connectivity index is 2.03. The van der Waals surface area contributed by atoms with E-state index in [9.17, 15) is 14.4 Å². The summed E-state index contributed by atoms with van der Waals surface area (Å²) >= 11 is 0. The number of amides is 4. The third-order valence-corrected chi connectivity index (χ3v) is 4.08. The predicted molar refractivity (Wildman–Crippen MR) is 96.1 cm³/mol. The molecule has 4 amide bonds. The molecule has 25 heavy (non-hydrogen) atoms. The van der Waals surface area contributed by atoms with Gasteiger partial charge in [0.15, 0.2) is 0 Å². The van der Waals surface area contributed by atoms with Crippen LogP contribution in [0.5, 0.6) is 0 Å². The number of para-hydroxylation sites is 1. The van der Waals surface area contributed by atoms with E-state index < -0.39 is 6.04 Å². The fraction of sp³-hybridized carbons (Fsp3) is 0.500. The summed E-state index contributed by atoms with van der Waals surface area (Å²) in [5, 5.41) is 5.67. The summed E-state index contributed by atoms with van der Waals surface area (Å²) in [7, 11) is 0. The molecule has 2 rings (SSSR count). The Morgan fingerprint density at radius 1 is 1.16 bits per heavy atom. The third-order valence-electron chi connectivity index (χ3n) is 4.08. The topological polar surface area (TPSA) is 81.8 Å². The second kappa shape index (κ2) is 8.50. The van der Waals surface area contributed by atoms with Gasteiger partial charge in [-0.3, -0.25) is 9.59 Å². The van der Waals surface area contributed by atoms with E-state index in [0.29, 0.717) is 31.2 Å². The summed E-state index contributed by atoms with van der Waals surface area (Å²) in [6.07, 6.45) is 0. The summed E-state index contributed by atoms with van der Waals surface area (Å²) in [4.78, 5) is 39.9. The quantitative estimate of drug-likeness (QED) is 0.867. The van der Waals surface area contributed by atoms with Crippen molar-refractivity contribution in [3.63, 3.8) is 0 Å². The molecule has 2 N–H and O–H groups in total. The van der Waals surface area contributed by atoms with E-state index in [0.717, 1.165) is 0 Å². The van der Waals surface area contributed by atoms with Gasteiger partial charge >= 0.3 is 6.03 Å². The number of hydrogen-bond donors (Lipinski definition) is 2. The fourth-order valence-corrected chi connectivity index (χ4v) is 2.72. The summed E-state index contributed by atoms with van der Waals surface area (Å²) < 4.78 is 0. The second-order valence-electron chi connectivity index (χ2n) is 6.61. The number of hydrogen-bond acceptors (Lipinski definition) is 3. The molecule has 1 aliphatic rings. The molecule has 1 aliphatic heterocycles. The van der Waals surface area contributed by atoms with Crippen molar-refractivity contribution < 1.29 is 14.4 Å². The first-order chi connectivity index (χ1) is 11.9. The van der Waals surface area contributed by atoms with Gasteiger partial charge in [-0.1, -0.05) is 32.0 Å². The molecular formula is C18H26N4O3. The molecule has 0 radical (unpaired) electrons. The van der Waals surface area contributed by atoms with Crippen molar-refractivity contribution in [3.8, 4) is 0 Å². The van der Waals surface area contributed by atoms with Gasteiger partial charge in [-0.15, -0.1) is 0 Å². The predicted octanol–water partition coefficient (Wildman–Crippen LogP) is 1.52. The lowest BCUT2D eigenvalue weighted by molar-refractivity contribution is -0.141. The van der Waals surface area contributed by atoms with E-state index in [1.54, 1.807) is 17.0 Å². The summed E-state index contributed by atoms with van der Waals surface area (Å²) in [5.74, 6) is -0.0651. The van der Waals surface area contributed by atoms with Crippen LogP contribution >= 0.6 is 0 Å². The van der Waals surface area contributed by atoms with Gasteiger partial charge in [0.25, 0.3) is 0 Å². The van der Waals surface area contributed by atoms with Crippen LogP contribution in [-0.4, -0.2) is 59.9 Å². The van der Waals surface area contributed by atoms with Gasteiger partial charge in [0.05, 0.1) is 6.54 Å². The first-order valence-corrected chi connectivity index (χ1v) is 8.54. The maximum absolute atomic E-state index is 12.5. The molecule has 1 heterocycles. The number of carbonyl (C=O) groups is 3. The highest BCUT2D eigenvalue weighted by atomic mass is 16.2. The molecule has 0 aliphatic carbocycles. The SMILES string of the molecule is CC(=O)N1CCN(C(=O)Nc2ccccc2)CC1C(=O)NCC(C)C. The Hall–Kier alpha value is -2.57. The Kier molecular flexibility index (Phi) is 6.38. The van der Waals surface area contributed by atoms with Crippen molar-refractivity contribution in [1.29, 1.82) is 0 Å². The van der Waals surface area contributed by atoms with Crippen molar-refractivity contribution >= 4 is 23.5 Å². The van der Waals surface area contributed by atoms with E-state index in [1.807, 2.05) is 32.0 Å². The largest absolute Gasteiger partial charge is 0.354 e. The molecule has 0 spiro atoms. The highest BCUT2D eigenvalue weighted by Gasteiger charge is 2.35. The molecule has 136 valence electrons. The Morgan fingerprint density at radius 3 is 2.44 bits per heavy atom. The monoisotopic (exact) mass is 346 g/mol. The molecule has 1 aromatic carbocycles. The lowest BCUT2D eigenvalue weighted by atomic mass is 10.1. The molecule has 1 unspecified atom stereocenters. The maximum Gasteiger partial charge on any atom is 0.321 e. The Labute approximate surface area is 148 Å². The van der Waals surface area contributed by atoms with Crippen LogP contribution in [0.1, 0.15) is 20.8 Å². The number of nitrogens with one attached hydrogen (secondary N) is 2. The normalized spacial score (nSPS) is 17.4. The first kappa shape index (κ1) is 18.8. The van der Waals surface area contributed by atoms with Crippen LogP contribution in [0, 0.1) is 5.92 Å². The minimum Gasteiger partial charge on any atom is -0.354 e. The Bertz CT molecular complexity index is 618. The maximum atomic E-state index is 12.5. The van der Waals surface area contributed by atoms with Gasteiger partial charge < -0.3 is 20.4 Å². The van der Waals surface area contributed by atoms with E-state index in [4.69, 9.17) is 0 Å². The van der Waals surface area contributed by atoms with Crippen molar-refractivity contribution in [2.24, 2.45) is 5.92 Å². The van der Waals surface area contributed by atoms with E-state index >= 15 is 0 Å². The van der Waals surface area contributed by atoms with Crippen LogP contribution in [0.3, 0.4) is 0 Å². The van der Waals surface area contributed by atoms with Gasteiger partial charge in [-0.25, -0.2) is 4.79 Å². The molecular weight excluding hydrogens is 320 g/mol. The van der Waals surface area contributed by atoms with Crippen molar-refractivity contribution in [2.75, 3.05) is 31.5 Å². The van der Waals surface area contributed by atoms with E-state index in [-0.39, 0.29) is 24.4 Å². The van der Waals surface area contributed by atoms with Gasteiger partial charge in [0.2, 0.25) is 11.8 Å². The van der Waals surface area contributed by atoms with Crippen LogP contribution in [0.15, 0.2) is 30.3 Å². The number of benzene rings is 1. The number of rotatable bonds is 4. The highest BCUT2D eigenvalue weighted by molar-refractivity contribution is 5.92. The van der Waals surface area contributed by atoms with Crippen molar-refractivity contribution in [1.82, 2.24) is 15.1 Å². The van der Waals surface area contributed by atoms with Crippen LogP contribution < -0.4 is 10.6 Å². The molecule has 1 fully saturated rings. The average molecular weight is 346 g/mol. The molecule has 1 atom stereocenters. The van der Waals surface area contributed by atoms with E-state index in [1.165, 1.54) is 11.8 Å². The van der Waals surface area contributed by atoms with Gasteiger partial charge in [0, 0.05) is 32.2 Å². The van der Waals surface area contributed by atoms with Gasteiger partial charge in [0.1, 0.15) is 6.04 Å². The summed E-state index contributed by atoms with van der Waals surface area (Å²) in [6, 6.07) is 8.23. The number of anilines is 1. The summed E-state index contributed by atoms with van der Waals surface area (Å²) in [6.45, 7) is 6.92. The van der Waals surface area contributed by atoms with Gasteiger partial charge in [-0.05, 0) is 18.1 Å². The number of carbonyl (C=O) groups excluding carboxylic acids is 3. The molecule has 7 heteroatoms. The lowest BCUT2D eigenvalue weighted by Gasteiger charge is -2.40. The molecule has 0 saturated carbocycles. The van der Waals surface area contributed by atoms with Crippen LogP contribution in [0.4, 0.5) is 10.5 Å². The zero-order valence-electron chi connectivity index (χ0n) is 15.0. The van der Waals surface area contributed by atoms with Gasteiger partial charge in [-0.2, -0.15) is 0 Å². The average Bonchev–Trinajstić information content (AvgIpc) is 2.59.